The fourth-order valence-corrected chi connectivity index (χ4v) is 3.46. The number of hydrogen-bond donors (Lipinski definition) is 0. The Balaban J connectivity index is 2.46. The minimum Gasteiger partial charge on any atom is -0.391 e. The summed E-state index contributed by atoms with van der Waals surface area (Å²) in [7, 11) is -3.40. The van der Waals surface area contributed by atoms with E-state index in [-0.39, 0.29) is 23.2 Å². The molecule has 1 heterocycles. The van der Waals surface area contributed by atoms with Crippen LogP contribution < -0.4 is 0 Å². The third-order valence-electron chi connectivity index (χ3n) is 3.03. The first-order chi connectivity index (χ1) is 9.49. The Bertz CT molecular complexity index is 692. The lowest BCUT2D eigenvalue weighted by Crippen LogP contribution is -2.13. The lowest BCUT2D eigenvalue weighted by molar-refractivity contribution is 0.0891. The lowest BCUT2D eigenvalue weighted by atomic mass is 10.0. The molecule has 0 bridgehead atoms. The van der Waals surface area contributed by atoms with Gasteiger partial charge in [-0.05, 0) is 12.1 Å². The maximum atomic E-state index is 12.1. The van der Waals surface area contributed by atoms with Crippen LogP contribution in [0.1, 0.15) is 25.3 Å². The van der Waals surface area contributed by atoms with Crippen molar-refractivity contribution in [1.29, 1.82) is 5.26 Å². The van der Waals surface area contributed by atoms with Gasteiger partial charge in [0.1, 0.15) is 6.10 Å². The quantitative estimate of drug-likeness (QED) is 0.855. The highest BCUT2D eigenvalue weighted by molar-refractivity contribution is 7.91. The summed E-state index contributed by atoms with van der Waals surface area (Å²) in [5.74, 6) is -0.0178. The van der Waals surface area contributed by atoms with Crippen molar-refractivity contribution in [3.63, 3.8) is 0 Å². The summed E-state index contributed by atoms with van der Waals surface area (Å²) in [5, 5.41) is 12.9. The molecule has 0 saturated carbocycles. The summed E-state index contributed by atoms with van der Waals surface area (Å²) in [5.41, 5.74) is 0.860. The minimum absolute atomic E-state index is 0.0178. The predicted molar refractivity (Wildman–Crippen MR) is 75.4 cm³/mol. The van der Waals surface area contributed by atoms with Crippen molar-refractivity contribution in [3.05, 3.63) is 28.8 Å². The van der Waals surface area contributed by atoms with E-state index in [0.29, 0.717) is 22.7 Å². The number of halogens is 1. The van der Waals surface area contributed by atoms with Gasteiger partial charge in [0.15, 0.2) is 9.84 Å². The zero-order valence-electron chi connectivity index (χ0n) is 10.8. The zero-order valence-corrected chi connectivity index (χ0v) is 12.4. The molecule has 0 amide bonds. The third kappa shape index (κ3) is 2.79. The molecule has 2 rings (SSSR count). The number of rotatable bonds is 4. The maximum absolute atomic E-state index is 12.1. The van der Waals surface area contributed by atoms with Gasteiger partial charge in [-0.3, -0.25) is 0 Å². The predicted octanol–water partition coefficient (Wildman–Crippen LogP) is 2.54. The van der Waals surface area contributed by atoms with Gasteiger partial charge in [-0.2, -0.15) is 5.26 Å². The lowest BCUT2D eigenvalue weighted by Gasteiger charge is -2.10. The highest BCUT2D eigenvalue weighted by Gasteiger charge is 2.28. The van der Waals surface area contributed by atoms with Crippen LogP contribution in [0.4, 0.5) is 0 Å². The largest absolute Gasteiger partial charge is 0.391 e. The number of oxime groups is 1. The fourth-order valence-electron chi connectivity index (χ4n) is 1.99. The second kappa shape index (κ2) is 5.81. The molecule has 1 aliphatic heterocycles. The molecular weight excluding hydrogens is 300 g/mol. The van der Waals surface area contributed by atoms with Crippen molar-refractivity contribution >= 4 is 27.1 Å². The SMILES string of the molecule is CCS(=O)(=O)c1cccc(Cl)c1C1=NOC(CC#N)C1. The molecule has 1 unspecified atom stereocenters. The van der Waals surface area contributed by atoms with E-state index in [1.807, 2.05) is 6.07 Å². The number of sulfone groups is 1. The van der Waals surface area contributed by atoms with Gasteiger partial charge in [-0.1, -0.05) is 29.7 Å². The van der Waals surface area contributed by atoms with Crippen molar-refractivity contribution in [1.82, 2.24) is 0 Å². The molecule has 1 aromatic carbocycles. The molecule has 7 heteroatoms. The first kappa shape index (κ1) is 14.8. The van der Waals surface area contributed by atoms with Crippen LogP contribution in [0.5, 0.6) is 0 Å². The van der Waals surface area contributed by atoms with Crippen LogP contribution in [-0.4, -0.2) is 26.0 Å². The average Bonchev–Trinajstić information content (AvgIpc) is 2.87. The third-order valence-corrected chi connectivity index (χ3v) is 5.12. The second-order valence-electron chi connectivity index (χ2n) is 4.35. The van der Waals surface area contributed by atoms with Crippen LogP contribution in [0.25, 0.3) is 0 Å². The number of benzene rings is 1. The van der Waals surface area contributed by atoms with Gasteiger partial charge < -0.3 is 4.84 Å². The van der Waals surface area contributed by atoms with Crippen LogP contribution in [0.15, 0.2) is 28.3 Å². The standard InChI is InChI=1S/C13H13ClN2O3S/c1-2-20(17,18)12-5-3-4-10(14)13(12)11-8-9(6-7-15)19-16-11/h3-5,9H,2,6,8H2,1H3. The van der Waals surface area contributed by atoms with Crippen LogP contribution in [0.3, 0.4) is 0 Å². The van der Waals surface area contributed by atoms with Crippen molar-refractivity contribution < 1.29 is 13.3 Å². The van der Waals surface area contributed by atoms with Gasteiger partial charge in [0.25, 0.3) is 0 Å². The van der Waals surface area contributed by atoms with Crippen molar-refractivity contribution in [2.24, 2.45) is 5.16 Å². The smallest absolute Gasteiger partial charge is 0.178 e. The Kier molecular flexibility index (Phi) is 4.31. The summed E-state index contributed by atoms with van der Waals surface area (Å²) in [6.45, 7) is 1.57. The van der Waals surface area contributed by atoms with E-state index in [4.69, 9.17) is 21.7 Å². The number of nitrogens with zero attached hydrogens (tertiary/aromatic N) is 2. The average molecular weight is 313 g/mol. The Morgan fingerprint density at radius 1 is 1.55 bits per heavy atom. The molecule has 20 heavy (non-hydrogen) atoms. The molecule has 106 valence electrons. The van der Waals surface area contributed by atoms with Gasteiger partial charge in [0.2, 0.25) is 0 Å². The number of hydrogen-bond acceptors (Lipinski definition) is 5. The van der Waals surface area contributed by atoms with Gasteiger partial charge >= 0.3 is 0 Å². The zero-order chi connectivity index (χ0) is 14.8. The van der Waals surface area contributed by atoms with E-state index in [2.05, 4.69) is 5.16 Å². The molecule has 1 aromatic rings. The normalized spacial score (nSPS) is 18.2. The first-order valence-electron chi connectivity index (χ1n) is 6.11. The monoisotopic (exact) mass is 312 g/mol. The van der Waals surface area contributed by atoms with E-state index in [1.54, 1.807) is 19.1 Å². The van der Waals surface area contributed by atoms with Crippen molar-refractivity contribution in [3.8, 4) is 6.07 Å². The Labute approximate surface area is 122 Å². The molecule has 0 aliphatic carbocycles. The Hall–Kier alpha value is -1.58. The maximum Gasteiger partial charge on any atom is 0.178 e. The fraction of sp³-hybridized carbons (Fsp3) is 0.385. The molecule has 0 spiro atoms. The molecule has 0 saturated heterocycles. The molecule has 5 nitrogen and oxygen atoms in total. The molecule has 0 fully saturated rings. The van der Waals surface area contributed by atoms with Gasteiger partial charge in [-0.25, -0.2) is 8.42 Å². The topological polar surface area (TPSA) is 79.5 Å². The molecular formula is C13H13ClN2O3S. The highest BCUT2D eigenvalue weighted by atomic mass is 35.5. The number of nitriles is 1. The van der Waals surface area contributed by atoms with Crippen molar-refractivity contribution in [2.45, 2.75) is 30.8 Å². The van der Waals surface area contributed by atoms with Crippen LogP contribution in [-0.2, 0) is 14.7 Å². The van der Waals surface area contributed by atoms with Crippen LogP contribution >= 0.6 is 11.6 Å². The molecule has 0 radical (unpaired) electrons. The van der Waals surface area contributed by atoms with Gasteiger partial charge in [0.05, 0.1) is 33.9 Å². The highest BCUT2D eigenvalue weighted by Crippen LogP contribution is 2.30. The molecule has 0 aromatic heterocycles. The second-order valence-corrected chi connectivity index (χ2v) is 7.00. The van der Waals surface area contributed by atoms with Crippen LogP contribution in [0.2, 0.25) is 5.02 Å². The van der Waals surface area contributed by atoms with Gasteiger partial charge in [0, 0.05) is 12.0 Å². The summed E-state index contributed by atoms with van der Waals surface area (Å²) in [6, 6.07) is 6.73. The van der Waals surface area contributed by atoms with E-state index in [9.17, 15) is 8.42 Å². The summed E-state index contributed by atoms with van der Waals surface area (Å²) in [4.78, 5) is 5.29. The van der Waals surface area contributed by atoms with E-state index >= 15 is 0 Å². The molecule has 1 atom stereocenters. The van der Waals surface area contributed by atoms with Crippen LogP contribution in [0, 0.1) is 11.3 Å². The Morgan fingerprint density at radius 2 is 2.30 bits per heavy atom. The minimum atomic E-state index is -3.40. The molecule has 0 N–H and O–H groups in total. The van der Waals surface area contributed by atoms with Crippen molar-refractivity contribution in [2.75, 3.05) is 5.75 Å². The Morgan fingerprint density at radius 3 is 2.95 bits per heavy atom. The summed E-state index contributed by atoms with van der Waals surface area (Å²) < 4.78 is 24.3. The van der Waals surface area contributed by atoms with E-state index in [1.165, 1.54) is 6.07 Å². The first-order valence-corrected chi connectivity index (χ1v) is 8.14. The van der Waals surface area contributed by atoms with Gasteiger partial charge in [-0.15, -0.1) is 0 Å². The van der Waals surface area contributed by atoms with E-state index in [0.717, 1.165) is 0 Å². The van der Waals surface area contributed by atoms with E-state index < -0.39 is 9.84 Å². The summed E-state index contributed by atoms with van der Waals surface area (Å²) in [6.07, 6.45) is 0.236. The molecule has 1 aliphatic rings. The summed E-state index contributed by atoms with van der Waals surface area (Å²) >= 11 is 6.13.